The maximum atomic E-state index is 5.92. The minimum atomic E-state index is 0.262. The van der Waals surface area contributed by atoms with E-state index in [9.17, 15) is 0 Å². The quantitative estimate of drug-likeness (QED) is 0.741. The van der Waals surface area contributed by atoms with Gasteiger partial charge in [-0.15, -0.1) is 0 Å². The molecule has 4 heteroatoms. The predicted octanol–water partition coefficient (Wildman–Crippen LogP) is 1.17. The van der Waals surface area contributed by atoms with Crippen LogP contribution in [0.1, 0.15) is 25.7 Å². The Bertz CT molecular complexity index is 273. The minimum absolute atomic E-state index is 0.262. The molecule has 4 nitrogen and oxygen atoms in total. The average molecular weight is 209 g/mol. The molecule has 0 spiro atoms. The molecule has 15 heavy (non-hydrogen) atoms. The van der Waals surface area contributed by atoms with Crippen LogP contribution in [0.5, 0.6) is 0 Å². The summed E-state index contributed by atoms with van der Waals surface area (Å²) < 4.78 is 7.82. The summed E-state index contributed by atoms with van der Waals surface area (Å²) in [6.45, 7) is 1.78. The number of aryl methyl sites for hydroxylation is 1. The van der Waals surface area contributed by atoms with Crippen LogP contribution in [0.2, 0.25) is 0 Å². The zero-order valence-corrected chi connectivity index (χ0v) is 9.01. The third-order valence-corrected chi connectivity index (χ3v) is 2.96. The van der Waals surface area contributed by atoms with Crippen molar-refractivity contribution in [1.29, 1.82) is 0 Å². The molecule has 0 bridgehead atoms. The van der Waals surface area contributed by atoms with Crippen LogP contribution >= 0.6 is 0 Å². The number of aromatic nitrogens is 2. The Morgan fingerprint density at radius 3 is 3.07 bits per heavy atom. The number of rotatable bonds is 5. The highest BCUT2D eigenvalue weighted by molar-refractivity contribution is 4.80. The standard InChI is InChI=1S/C11H19N3O/c12-10-3-1-4-11(10)15-8-2-6-14-7-5-13-9-14/h5,7,9-11H,1-4,6,8,12H2. The lowest BCUT2D eigenvalue weighted by Gasteiger charge is -2.16. The Hall–Kier alpha value is -0.870. The maximum Gasteiger partial charge on any atom is 0.0945 e. The van der Waals surface area contributed by atoms with Crippen molar-refractivity contribution in [2.45, 2.75) is 44.4 Å². The molecule has 0 radical (unpaired) electrons. The Morgan fingerprint density at radius 1 is 1.47 bits per heavy atom. The van der Waals surface area contributed by atoms with Gasteiger partial charge in [0.1, 0.15) is 0 Å². The van der Waals surface area contributed by atoms with Crippen molar-refractivity contribution in [1.82, 2.24) is 9.55 Å². The number of imidazole rings is 1. The van der Waals surface area contributed by atoms with Crippen LogP contribution in [0, 0.1) is 0 Å². The molecule has 0 aliphatic heterocycles. The molecule has 0 aromatic carbocycles. The van der Waals surface area contributed by atoms with Crippen LogP contribution in [0.4, 0.5) is 0 Å². The van der Waals surface area contributed by atoms with Crippen LogP contribution < -0.4 is 5.73 Å². The molecule has 1 aromatic heterocycles. The Balaban J connectivity index is 1.59. The van der Waals surface area contributed by atoms with Crippen molar-refractivity contribution >= 4 is 0 Å². The zero-order valence-electron chi connectivity index (χ0n) is 9.01. The van der Waals surface area contributed by atoms with Gasteiger partial charge in [-0.1, -0.05) is 0 Å². The van der Waals surface area contributed by atoms with Gasteiger partial charge in [-0.05, 0) is 25.7 Å². The van der Waals surface area contributed by atoms with Gasteiger partial charge in [0.05, 0.1) is 12.4 Å². The fourth-order valence-corrected chi connectivity index (χ4v) is 2.06. The highest BCUT2D eigenvalue weighted by Gasteiger charge is 2.23. The summed E-state index contributed by atoms with van der Waals surface area (Å²) >= 11 is 0. The predicted molar refractivity (Wildman–Crippen MR) is 58.4 cm³/mol. The van der Waals surface area contributed by atoms with E-state index in [4.69, 9.17) is 10.5 Å². The second kappa shape index (κ2) is 5.28. The minimum Gasteiger partial charge on any atom is -0.377 e. The second-order valence-corrected chi connectivity index (χ2v) is 4.16. The van der Waals surface area contributed by atoms with Crippen LogP contribution in [0.15, 0.2) is 18.7 Å². The number of hydrogen-bond acceptors (Lipinski definition) is 3. The Kier molecular flexibility index (Phi) is 3.75. The van der Waals surface area contributed by atoms with E-state index in [0.29, 0.717) is 6.10 Å². The molecule has 1 saturated carbocycles. The molecule has 84 valence electrons. The van der Waals surface area contributed by atoms with E-state index in [2.05, 4.69) is 9.55 Å². The molecule has 1 aromatic rings. The number of nitrogens with two attached hydrogens (primary N) is 1. The van der Waals surface area contributed by atoms with Gasteiger partial charge >= 0.3 is 0 Å². The molecule has 0 saturated heterocycles. The molecule has 1 aliphatic carbocycles. The van der Waals surface area contributed by atoms with Gasteiger partial charge in [0.25, 0.3) is 0 Å². The zero-order chi connectivity index (χ0) is 10.5. The van der Waals surface area contributed by atoms with Gasteiger partial charge in [0.2, 0.25) is 0 Å². The summed E-state index contributed by atoms with van der Waals surface area (Å²) in [5, 5.41) is 0. The first kappa shape index (κ1) is 10.6. The van der Waals surface area contributed by atoms with E-state index in [1.54, 1.807) is 6.20 Å². The van der Waals surface area contributed by atoms with Gasteiger partial charge < -0.3 is 15.0 Å². The summed E-state index contributed by atoms with van der Waals surface area (Å²) in [5.74, 6) is 0. The van der Waals surface area contributed by atoms with Crippen molar-refractivity contribution in [3.63, 3.8) is 0 Å². The van der Waals surface area contributed by atoms with Crippen LogP contribution in [-0.4, -0.2) is 28.3 Å². The Morgan fingerprint density at radius 2 is 2.40 bits per heavy atom. The van der Waals surface area contributed by atoms with Gasteiger partial charge in [-0.3, -0.25) is 0 Å². The van der Waals surface area contributed by atoms with Gasteiger partial charge in [-0.25, -0.2) is 4.98 Å². The molecule has 2 rings (SSSR count). The number of nitrogens with zero attached hydrogens (tertiary/aromatic N) is 2. The summed E-state index contributed by atoms with van der Waals surface area (Å²) in [4.78, 5) is 3.99. The van der Waals surface area contributed by atoms with Crippen LogP contribution in [-0.2, 0) is 11.3 Å². The maximum absolute atomic E-state index is 5.92. The highest BCUT2D eigenvalue weighted by atomic mass is 16.5. The molecule has 1 heterocycles. The van der Waals surface area contributed by atoms with E-state index < -0.39 is 0 Å². The normalized spacial score (nSPS) is 25.9. The van der Waals surface area contributed by atoms with Gasteiger partial charge in [-0.2, -0.15) is 0 Å². The van der Waals surface area contributed by atoms with Gasteiger partial charge in [0, 0.05) is 31.6 Å². The molecule has 2 unspecified atom stereocenters. The first-order chi connectivity index (χ1) is 7.36. The fourth-order valence-electron chi connectivity index (χ4n) is 2.06. The summed E-state index contributed by atoms with van der Waals surface area (Å²) in [6.07, 6.45) is 10.4. The third kappa shape index (κ3) is 3.04. The number of ether oxygens (including phenoxy) is 1. The first-order valence-electron chi connectivity index (χ1n) is 5.69. The van der Waals surface area contributed by atoms with Crippen molar-refractivity contribution in [2.24, 2.45) is 5.73 Å². The average Bonchev–Trinajstić information content (AvgIpc) is 2.85. The lowest BCUT2D eigenvalue weighted by Crippen LogP contribution is -2.31. The summed E-state index contributed by atoms with van der Waals surface area (Å²) in [6, 6.07) is 0.262. The first-order valence-corrected chi connectivity index (χ1v) is 5.69. The van der Waals surface area contributed by atoms with E-state index in [1.807, 2.05) is 12.5 Å². The van der Waals surface area contributed by atoms with Crippen LogP contribution in [0.25, 0.3) is 0 Å². The van der Waals surface area contributed by atoms with E-state index in [0.717, 1.165) is 32.4 Å². The van der Waals surface area contributed by atoms with Crippen molar-refractivity contribution in [3.05, 3.63) is 18.7 Å². The summed E-state index contributed by atoms with van der Waals surface area (Å²) in [7, 11) is 0. The lowest BCUT2D eigenvalue weighted by atomic mass is 10.2. The largest absolute Gasteiger partial charge is 0.377 e. The second-order valence-electron chi connectivity index (χ2n) is 4.16. The van der Waals surface area contributed by atoms with Crippen molar-refractivity contribution in [2.75, 3.05) is 6.61 Å². The topological polar surface area (TPSA) is 53.1 Å². The fraction of sp³-hybridized carbons (Fsp3) is 0.727. The molecule has 2 atom stereocenters. The van der Waals surface area contributed by atoms with E-state index >= 15 is 0 Å². The molecule has 0 amide bonds. The van der Waals surface area contributed by atoms with E-state index in [1.165, 1.54) is 6.42 Å². The van der Waals surface area contributed by atoms with Crippen molar-refractivity contribution < 1.29 is 4.74 Å². The smallest absolute Gasteiger partial charge is 0.0945 e. The monoisotopic (exact) mass is 209 g/mol. The van der Waals surface area contributed by atoms with Crippen molar-refractivity contribution in [3.8, 4) is 0 Å². The molecule has 1 fully saturated rings. The molecule has 1 aliphatic rings. The highest BCUT2D eigenvalue weighted by Crippen LogP contribution is 2.20. The van der Waals surface area contributed by atoms with Crippen LogP contribution in [0.3, 0.4) is 0 Å². The number of hydrogen-bond donors (Lipinski definition) is 1. The molecular formula is C11H19N3O. The Labute approximate surface area is 90.4 Å². The van der Waals surface area contributed by atoms with Gasteiger partial charge in [0.15, 0.2) is 0 Å². The molecular weight excluding hydrogens is 190 g/mol. The molecule has 2 N–H and O–H groups in total. The van der Waals surface area contributed by atoms with E-state index in [-0.39, 0.29) is 6.04 Å². The lowest BCUT2D eigenvalue weighted by molar-refractivity contribution is 0.0448. The third-order valence-electron chi connectivity index (χ3n) is 2.96. The summed E-state index contributed by atoms with van der Waals surface area (Å²) in [5.41, 5.74) is 5.92. The SMILES string of the molecule is NC1CCCC1OCCCn1ccnc1.